The van der Waals surface area contributed by atoms with Crippen LogP contribution in [-0.4, -0.2) is 19.9 Å². The van der Waals surface area contributed by atoms with Crippen molar-refractivity contribution in [2.45, 2.75) is 26.0 Å². The van der Waals surface area contributed by atoms with Crippen molar-refractivity contribution in [1.82, 2.24) is 5.48 Å². The summed E-state index contributed by atoms with van der Waals surface area (Å²) in [5.41, 5.74) is 2.40. The summed E-state index contributed by atoms with van der Waals surface area (Å²) in [6, 6.07) is 0. The van der Waals surface area contributed by atoms with Crippen LogP contribution in [0.2, 0.25) is 0 Å². The lowest BCUT2D eigenvalue weighted by atomic mass is 10.2. The summed E-state index contributed by atoms with van der Waals surface area (Å²) in [6.45, 7) is 3.95. The smallest absolute Gasteiger partial charge is 0.137 e. The Hall–Kier alpha value is -0.120. The van der Waals surface area contributed by atoms with Crippen molar-refractivity contribution in [3.8, 4) is 0 Å². The van der Waals surface area contributed by atoms with Gasteiger partial charge < -0.3 is 9.57 Å². The Morgan fingerprint density at radius 3 is 2.11 bits per heavy atom. The van der Waals surface area contributed by atoms with Crippen LogP contribution in [0.5, 0.6) is 0 Å². The molecule has 0 aliphatic carbocycles. The molecule has 0 aromatic heterocycles. The van der Waals surface area contributed by atoms with E-state index in [1.54, 1.807) is 14.2 Å². The highest BCUT2D eigenvalue weighted by atomic mass is 16.7. The summed E-state index contributed by atoms with van der Waals surface area (Å²) in [4.78, 5) is 4.71. The maximum atomic E-state index is 5.09. The van der Waals surface area contributed by atoms with Crippen molar-refractivity contribution in [1.29, 1.82) is 0 Å². The average Bonchev–Trinajstić information content (AvgIpc) is 1.89. The van der Waals surface area contributed by atoms with Crippen LogP contribution >= 0.6 is 0 Å². The Bertz CT molecular complexity index is 71.5. The molecule has 1 atom stereocenters. The zero-order valence-corrected chi connectivity index (χ0v) is 6.52. The molecule has 3 heteroatoms. The van der Waals surface area contributed by atoms with E-state index >= 15 is 0 Å². The third-order valence-corrected chi connectivity index (χ3v) is 1.44. The summed E-state index contributed by atoms with van der Waals surface area (Å²) < 4.78 is 5.09. The van der Waals surface area contributed by atoms with E-state index in [0.717, 1.165) is 6.42 Å². The van der Waals surface area contributed by atoms with E-state index in [9.17, 15) is 0 Å². The van der Waals surface area contributed by atoms with Crippen LogP contribution in [0, 0.1) is 0 Å². The Morgan fingerprint density at radius 2 is 2.00 bits per heavy atom. The maximum Gasteiger partial charge on any atom is 0.137 e. The zero-order valence-electron chi connectivity index (χ0n) is 6.52. The quantitative estimate of drug-likeness (QED) is 0.456. The minimum atomic E-state index is -0.339. The van der Waals surface area contributed by atoms with Gasteiger partial charge in [0.15, 0.2) is 0 Å². The van der Waals surface area contributed by atoms with Crippen LogP contribution in [0.3, 0.4) is 0 Å². The fraction of sp³-hybridized carbons (Fsp3) is 1.00. The summed E-state index contributed by atoms with van der Waals surface area (Å²) in [7, 11) is 3.22. The second-order valence-electron chi connectivity index (χ2n) is 2.09. The van der Waals surface area contributed by atoms with E-state index in [4.69, 9.17) is 9.57 Å². The van der Waals surface area contributed by atoms with Crippen LogP contribution in [-0.2, 0) is 9.57 Å². The molecule has 3 nitrogen and oxygen atoms in total. The molecule has 0 saturated heterocycles. The number of hydrogen-bond donors (Lipinski definition) is 1. The first-order chi connectivity index (χ1) is 4.18. The molecule has 1 unspecified atom stereocenters. The molecule has 0 bridgehead atoms. The van der Waals surface area contributed by atoms with Gasteiger partial charge in [0.05, 0.1) is 7.11 Å². The fourth-order valence-corrected chi connectivity index (χ4v) is 0.474. The van der Waals surface area contributed by atoms with Gasteiger partial charge in [-0.2, -0.15) is 5.48 Å². The zero-order chi connectivity index (χ0) is 7.33. The molecule has 0 rings (SSSR count). The maximum absolute atomic E-state index is 5.09. The molecule has 0 aliphatic heterocycles. The van der Waals surface area contributed by atoms with E-state index in [1.165, 1.54) is 0 Å². The van der Waals surface area contributed by atoms with Gasteiger partial charge in [-0.05, 0) is 13.3 Å². The molecule has 0 aromatic carbocycles. The molecule has 9 heavy (non-hydrogen) atoms. The number of hydroxylamine groups is 1. The first-order valence-electron chi connectivity index (χ1n) is 3.04. The van der Waals surface area contributed by atoms with Crippen molar-refractivity contribution in [3.05, 3.63) is 0 Å². The first kappa shape index (κ1) is 8.88. The monoisotopic (exact) mass is 133 g/mol. The van der Waals surface area contributed by atoms with Crippen molar-refractivity contribution in [2.24, 2.45) is 0 Å². The summed E-state index contributed by atoms with van der Waals surface area (Å²) in [5, 5.41) is 0. The van der Waals surface area contributed by atoms with Crippen molar-refractivity contribution in [3.63, 3.8) is 0 Å². The number of nitrogens with one attached hydrogen (secondary N) is 1. The van der Waals surface area contributed by atoms with E-state index in [0.29, 0.717) is 0 Å². The molecule has 0 fully saturated rings. The average molecular weight is 133 g/mol. The van der Waals surface area contributed by atoms with Crippen LogP contribution in [0.4, 0.5) is 0 Å². The van der Waals surface area contributed by atoms with Gasteiger partial charge in [0, 0.05) is 7.11 Å². The molecule has 1 N–H and O–H groups in total. The molecule has 0 amide bonds. The van der Waals surface area contributed by atoms with Crippen LogP contribution < -0.4 is 5.48 Å². The Balaban J connectivity index is 3.62. The van der Waals surface area contributed by atoms with E-state index in [-0.39, 0.29) is 5.72 Å². The van der Waals surface area contributed by atoms with E-state index < -0.39 is 0 Å². The molecule has 0 saturated carbocycles. The minimum Gasteiger partial charge on any atom is -0.362 e. The van der Waals surface area contributed by atoms with Gasteiger partial charge in [-0.15, -0.1) is 0 Å². The molecule has 0 aliphatic rings. The van der Waals surface area contributed by atoms with Gasteiger partial charge in [0.2, 0.25) is 0 Å². The van der Waals surface area contributed by atoms with Crippen LogP contribution in [0.25, 0.3) is 0 Å². The number of methoxy groups -OCH3 is 1. The Labute approximate surface area is 56.3 Å². The first-order valence-corrected chi connectivity index (χ1v) is 3.04. The lowest BCUT2D eigenvalue weighted by Gasteiger charge is -2.25. The second kappa shape index (κ2) is 3.82. The van der Waals surface area contributed by atoms with E-state index in [1.807, 2.05) is 13.8 Å². The van der Waals surface area contributed by atoms with Crippen molar-refractivity contribution < 1.29 is 9.57 Å². The number of rotatable bonds is 4. The van der Waals surface area contributed by atoms with E-state index in [2.05, 4.69) is 5.48 Å². The van der Waals surface area contributed by atoms with Gasteiger partial charge in [-0.3, -0.25) is 0 Å². The predicted molar refractivity (Wildman–Crippen MR) is 35.8 cm³/mol. The largest absolute Gasteiger partial charge is 0.362 e. The van der Waals surface area contributed by atoms with Gasteiger partial charge in [0.1, 0.15) is 5.72 Å². The Kier molecular flexibility index (Phi) is 3.77. The van der Waals surface area contributed by atoms with Crippen molar-refractivity contribution in [2.75, 3.05) is 14.2 Å². The molecule has 0 radical (unpaired) electrons. The highest BCUT2D eigenvalue weighted by molar-refractivity contribution is 4.62. The summed E-state index contributed by atoms with van der Waals surface area (Å²) in [5.74, 6) is 0. The highest BCUT2D eigenvalue weighted by Crippen LogP contribution is 2.07. The molecular formula is C6H15NO2. The highest BCUT2D eigenvalue weighted by Gasteiger charge is 2.19. The molecular weight excluding hydrogens is 118 g/mol. The van der Waals surface area contributed by atoms with Gasteiger partial charge >= 0.3 is 0 Å². The SMILES string of the molecule is CCC(C)(NOC)OC. The topological polar surface area (TPSA) is 30.5 Å². The molecule has 0 heterocycles. The summed E-state index contributed by atoms with van der Waals surface area (Å²) in [6.07, 6.45) is 0.872. The molecule has 0 aromatic rings. The van der Waals surface area contributed by atoms with Crippen LogP contribution in [0.1, 0.15) is 20.3 Å². The minimum absolute atomic E-state index is 0.339. The number of hydrogen-bond acceptors (Lipinski definition) is 3. The predicted octanol–water partition coefficient (Wildman–Crippen LogP) is 0.910. The summed E-state index contributed by atoms with van der Waals surface area (Å²) >= 11 is 0. The van der Waals surface area contributed by atoms with Crippen LogP contribution in [0.15, 0.2) is 0 Å². The van der Waals surface area contributed by atoms with Crippen molar-refractivity contribution >= 4 is 0 Å². The van der Waals surface area contributed by atoms with Gasteiger partial charge in [-0.1, -0.05) is 6.92 Å². The number of ether oxygens (including phenoxy) is 1. The second-order valence-corrected chi connectivity index (χ2v) is 2.09. The normalized spacial score (nSPS) is 17.3. The lowest BCUT2D eigenvalue weighted by molar-refractivity contribution is -0.125. The van der Waals surface area contributed by atoms with Gasteiger partial charge in [-0.25, -0.2) is 0 Å². The standard InChI is InChI=1S/C6H15NO2/c1-5-6(2,8-3)7-9-4/h7H,5H2,1-4H3. The lowest BCUT2D eigenvalue weighted by Crippen LogP contribution is -2.42. The van der Waals surface area contributed by atoms with Gasteiger partial charge in [0.25, 0.3) is 0 Å². The third-order valence-electron chi connectivity index (χ3n) is 1.44. The third kappa shape index (κ3) is 2.79. The molecule has 0 spiro atoms. The fourth-order valence-electron chi connectivity index (χ4n) is 0.474. The molecule has 56 valence electrons. The Morgan fingerprint density at radius 1 is 1.44 bits per heavy atom.